The molecule has 32 heavy (non-hydrogen) atoms. The molecule has 166 valence electrons. The molecular weight excluding hydrogens is 463 g/mol. The van der Waals surface area contributed by atoms with Crippen LogP contribution in [0.4, 0.5) is 20.5 Å². The number of nitrogens with zero attached hydrogens (tertiary/aromatic N) is 3. The first kappa shape index (κ1) is 23.0. The van der Waals surface area contributed by atoms with Crippen LogP contribution in [0.2, 0.25) is 0 Å². The van der Waals surface area contributed by atoms with E-state index in [2.05, 4.69) is 15.2 Å². The van der Waals surface area contributed by atoms with Gasteiger partial charge in [0, 0.05) is 5.56 Å². The average Bonchev–Trinajstić information content (AvgIpc) is 3.18. The second-order valence-corrected chi connectivity index (χ2v) is 8.50. The molecule has 13 heteroatoms. The molecule has 0 saturated carbocycles. The van der Waals surface area contributed by atoms with Crippen LogP contribution in [0, 0.1) is 0 Å². The fourth-order valence-electron chi connectivity index (χ4n) is 2.46. The van der Waals surface area contributed by atoms with Crippen molar-refractivity contribution in [2.75, 3.05) is 12.3 Å². The minimum atomic E-state index is -5.00. The maximum absolute atomic E-state index is 13.3. The standard InChI is InChI=1S/C19H15FN4O6S2/c1-2-30-19(27)12-9-14(16(26)10-4-3-5-11(8-10)32(20,28)29)31-18(12)24-23-15-7-6-13(25)17(21)22-15/h3-9,25H,2H2,1H3,(H2,21,22)/b24-23+. The van der Waals surface area contributed by atoms with Gasteiger partial charge in [-0.05, 0) is 37.3 Å². The third-order valence-electron chi connectivity index (χ3n) is 3.94. The molecule has 0 aliphatic rings. The van der Waals surface area contributed by atoms with Crippen LogP contribution in [0.5, 0.6) is 5.75 Å². The summed E-state index contributed by atoms with van der Waals surface area (Å²) in [5, 5.41) is 17.3. The second-order valence-electron chi connectivity index (χ2n) is 6.12. The Morgan fingerprint density at radius 3 is 2.62 bits per heavy atom. The topological polar surface area (TPSA) is 161 Å². The van der Waals surface area contributed by atoms with Crippen LogP contribution < -0.4 is 5.73 Å². The number of pyridine rings is 1. The first-order valence-corrected chi connectivity index (χ1v) is 11.1. The van der Waals surface area contributed by atoms with E-state index < -0.39 is 26.9 Å². The summed E-state index contributed by atoms with van der Waals surface area (Å²) in [4.78, 5) is 28.3. The van der Waals surface area contributed by atoms with Crippen LogP contribution in [0.15, 0.2) is 57.6 Å². The zero-order valence-corrected chi connectivity index (χ0v) is 18.0. The number of ketones is 1. The van der Waals surface area contributed by atoms with E-state index in [9.17, 15) is 27.0 Å². The van der Waals surface area contributed by atoms with Crippen LogP contribution in [0.3, 0.4) is 0 Å². The normalized spacial score (nSPS) is 11.6. The summed E-state index contributed by atoms with van der Waals surface area (Å²) in [6.45, 7) is 1.67. The Morgan fingerprint density at radius 2 is 1.97 bits per heavy atom. The Hall–Kier alpha value is -3.71. The van der Waals surface area contributed by atoms with Crippen molar-refractivity contribution in [2.24, 2.45) is 10.2 Å². The van der Waals surface area contributed by atoms with Crippen LogP contribution >= 0.6 is 11.3 Å². The van der Waals surface area contributed by atoms with E-state index in [-0.39, 0.29) is 45.0 Å². The molecule has 1 aromatic carbocycles. The molecule has 3 N–H and O–H groups in total. The van der Waals surface area contributed by atoms with Crippen LogP contribution in [0.25, 0.3) is 0 Å². The number of hydrogen-bond donors (Lipinski definition) is 2. The van der Waals surface area contributed by atoms with E-state index in [1.54, 1.807) is 6.92 Å². The van der Waals surface area contributed by atoms with Gasteiger partial charge in [-0.1, -0.05) is 12.1 Å². The number of thiophene rings is 1. The van der Waals surface area contributed by atoms with E-state index in [4.69, 9.17) is 10.5 Å². The van der Waals surface area contributed by atoms with Gasteiger partial charge in [0.25, 0.3) is 0 Å². The molecule has 0 aliphatic carbocycles. The fourth-order valence-corrected chi connectivity index (χ4v) is 3.90. The van der Waals surface area contributed by atoms with Gasteiger partial charge in [0.1, 0.15) is 0 Å². The van der Waals surface area contributed by atoms with Gasteiger partial charge >= 0.3 is 16.2 Å². The Morgan fingerprint density at radius 1 is 1.22 bits per heavy atom. The van der Waals surface area contributed by atoms with Crippen molar-refractivity contribution >= 4 is 49.9 Å². The predicted molar refractivity (Wildman–Crippen MR) is 113 cm³/mol. The summed E-state index contributed by atoms with van der Waals surface area (Å²) in [5.41, 5.74) is 5.36. The number of aromatic nitrogens is 1. The molecule has 0 fully saturated rings. The molecule has 0 aliphatic heterocycles. The Labute approximate surface area is 185 Å². The number of rotatable bonds is 7. The number of nitrogen functional groups attached to an aromatic ring is 1. The molecule has 0 amide bonds. The largest absolute Gasteiger partial charge is 0.504 e. The average molecular weight is 478 g/mol. The van der Waals surface area contributed by atoms with Gasteiger partial charge in [-0.15, -0.1) is 25.5 Å². The predicted octanol–water partition coefficient (Wildman–Crippen LogP) is 3.91. The van der Waals surface area contributed by atoms with Crippen molar-refractivity contribution in [1.29, 1.82) is 0 Å². The first-order valence-electron chi connectivity index (χ1n) is 8.87. The minimum absolute atomic E-state index is 0.0218. The lowest BCUT2D eigenvalue weighted by atomic mass is 10.1. The van der Waals surface area contributed by atoms with Crippen LogP contribution in [-0.2, 0) is 15.0 Å². The summed E-state index contributed by atoms with van der Waals surface area (Å²) in [6.07, 6.45) is 0. The lowest BCUT2D eigenvalue weighted by molar-refractivity contribution is 0.0528. The summed E-state index contributed by atoms with van der Waals surface area (Å²) >= 11 is 0.794. The number of halogens is 1. The quantitative estimate of drug-likeness (QED) is 0.223. The molecule has 3 aromatic rings. The van der Waals surface area contributed by atoms with Crippen molar-refractivity contribution in [3.8, 4) is 5.75 Å². The highest BCUT2D eigenvalue weighted by Gasteiger charge is 2.23. The number of anilines is 1. The SMILES string of the molecule is CCOC(=O)c1cc(C(=O)c2cccc(S(=O)(=O)F)c2)sc1/N=N/c1ccc(O)c(N)n1. The third-order valence-corrected chi connectivity index (χ3v) is 5.78. The van der Waals surface area contributed by atoms with Gasteiger partial charge < -0.3 is 15.6 Å². The molecule has 2 aromatic heterocycles. The van der Waals surface area contributed by atoms with Crippen molar-refractivity contribution in [1.82, 2.24) is 4.98 Å². The molecule has 0 saturated heterocycles. The van der Waals surface area contributed by atoms with Crippen LogP contribution in [-0.4, -0.2) is 36.9 Å². The van der Waals surface area contributed by atoms with E-state index in [0.717, 1.165) is 23.5 Å². The number of aromatic hydroxyl groups is 1. The summed E-state index contributed by atoms with van der Waals surface area (Å²) in [7, 11) is -5.00. The third kappa shape index (κ3) is 5.12. The lowest BCUT2D eigenvalue weighted by Crippen LogP contribution is -2.04. The van der Waals surface area contributed by atoms with Gasteiger partial charge in [-0.25, -0.2) is 9.78 Å². The molecular formula is C19H15FN4O6S2. The molecule has 0 atom stereocenters. The smallest absolute Gasteiger partial charge is 0.341 e. The number of carbonyl (C=O) groups excluding carboxylic acids is 2. The highest BCUT2D eigenvalue weighted by atomic mass is 32.3. The van der Waals surface area contributed by atoms with Gasteiger partial charge in [0.15, 0.2) is 22.4 Å². The number of benzene rings is 1. The van der Waals surface area contributed by atoms with Gasteiger partial charge in [0.05, 0.1) is 21.9 Å². The molecule has 10 nitrogen and oxygen atoms in total. The van der Waals surface area contributed by atoms with E-state index >= 15 is 0 Å². The molecule has 3 rings (SSSR count). The van der Waals surface area contributed by atoms with Crippen LogP contribution in [0.1, 0.15) is 32.5 Å². The van der Waals surface area contributed by atoms with E-state index in [1.807, 2.05) is 0 Å². The van der Waals surface area contributed by atoms with E-state index in [0.29, 0.717) is 0 Å². The van der Waals surface area contributed by atoms with E-state index in [1.165, 1.54) is 30.3 Å². The zero-order chi connectivity index (χ0) is 23.5. The van der Waals surface area contributed by atoms with Gasteiger partial charge in [0.2, 0.25) is 5.78 Å². The van der Waals surface area contributed by atoms with Gasteiger partial charge in [-0.3, -0.25) is 4.79 Å². The second kappa shape index (κ2) is 9.20. The molecule has 0 unspecified atom stereocenters. The number of azo groups is 1. The number of hydrogen-bond acceptors (Lipinski definition) is 11. The van der Waals surface area contributed by atoms with Crippen molar-refractivity contribution in [3.63, 3.8) is 0 Å². The number of ether oxygens (including phenoxy) is 1. The van der Waals surface area contributed by atoms with Crippen molar-refractivity contribution < 1.29 is 31.7 Å². The summed E-state index contributed by atoms with van der Waals surface area (Å²) in [6, 6.07) is 8.27. The number of nitrogens with two attached hydrogens (primary N) is 1. The highest BCUT2D eigenvalue weighted by molar-refractivity contribution is 7.86. The Balaban J connectivity index is 2.01. The zero-order valence-electron chi connectivity index (χ0n) is 16.4. The lowest BCUT2D eigenvalue weighted by Gasteiger charge is -2.00. The first-order chi connectivity index (χ1) is 15.1. The highest BCUT2D eigenvalue weighted by Crippen LogP contribution is 2.34. The molecule has 0 bridgehead atoms. The summed E-state index contributed by atoms with van der Waals surface area (Å²) in [5.74, 6) is -1.78. The number of esters is 1. The van der Waals surface area contributed by atoms with Crippen molar-refractivity contribution in [3.05, 3.63) is 58.5 Å². The fraction of sp³-hybridized carbons (Fsp3) is 0.105. The number of carbonyl (C=O) groups is 2. The monoisotopic (exact) mass is 478 g/mol. The Bertz CT molecular complexity index is 1340. The van der Waals surface area contributed by atoms with Gasteiger partial charge in [-0.2, -0.15) is 8.42 Å². The maximum Gasteiger partial charge on any atom is 0.341 e. The molecule has 0 radical (unpaired) electrons. The molecule has 2 heterocycles. The maximum atomic E-state index is 13.3. The van der Waals surface area contributed by atoms with Crippen molar-refractivity contribution in [2.45, 2.75) is 11.8 Å². The minimum Gasteiger partial charge on any atom is -0.504 e. The summed E-state index contributed by atoms with van der Waals surface area (Å²) < 4.78 is 40.5. The Kier molecular flexibility index (Phi) is 6.60. The molecule has 0 spiro atoms.